The van der Waals surface area contributed by atoms with E-state index in [1.54, 1.807) is 40.7 Å². The zero-order valence-electron chi connectivity index (χ0n) is 16.6. The molecule has 6 heteroatoms. The molecule has 2 heterocycles. The molecule has 146 valence electrons. The van der Waals surface area contributed by atoms with Gasteiger partial charge in [0.15, 0.2) is 5.78 Å². The maximum atomic E-state index is 13.1. The molecule has 0 N–H and O–H groups in total. The number of hydrogen-bond acceptors (Lipinski definition) is 6. The van der Waals surface area contributed by atoms with Gasteiger partial charge in [-0.3, -0.25) is 9.59 Å². The second kappa shape index (κ2) is 7.14. The Kier molecular flexibility index (Phi) is 5.66. The fourth-order valence-electron chi connectivity index (χ4n) is 3.74. The highest BCUT2D eigenvalue weighted by Gasteiger charge is 2.70. The van der Waals surface area contributed by atoms with Crippen LogP contribution in [0.2, 0.25) is 0 Å². The minimum atomic E-state index is -1.84. The van der Waals surface area contributed by atoms with Gasteiger partial charge in [-0.2, -0.15) is 0 Å². The SMILES string of the molecule is CCC/C=C1\[C@H](C(=O)OCC)[C@@]2(C)CCC(=O)[C@]1(C(=O)OC(C)(C)C)O2. The summed E-state index contributed by atoms with van der Waals surface area (Å²) in [5.74, 6) is -2.33. The summed E-state index contributed by atoms with van der Waals surface area (Å²) in [6.07, 6.45) is 3.76. The number of carbonyl (C=O) groups is 3. The van der Waals surface area contributed by atoms with E-state index < -0.39 is 34.7 Å². The smallest absolute Gasteiger partial charge is 0.351 e. The van der Waals surface area contributed by atoms with Gasteiger partial charge in [-0.05, 0) is 53.0 Å². The average Bonchev–Trinajstić information content (AvgIpc) is 2.74. The molecule has 2 bridgehead atoms. The first-order valence-corrected chi connectivity index (χ1v) is 9.36. The van der Waals surface area contributed by atoms with Crippen LogP contribution in [0.1, 0.15) is 67.2 Å². The highest BCUT2D eigenvalue weighted by Crippen LogP contribution is 2.54. The van der Waals surface area contributed by atoms with E-state index in [0.717, 1.165) is 6.42 Å². The number of rotatable bonds is 5. The van der Waals surface area contributed by atoms with E-state index in [4.69, 9.17) is 14.2 Å². The van der Waals surface area contributed by atoms with E-state index in [9.17, 15) is 14.4 Å². The molecular formula is C20H30O6. The van der Waals surface area contributed by atoms with Crippen molar-refractivity contribution >= 4 is 17.7 Å². The van der Waals surface area contributed by atoms with Crippen molar-refractivity contribution in [2.24, 2.45) is 5.92 Å². The lowest BCUT2D eigenvalue weighted by Gasteiger charge is -2.37. The minimum Gasteiger partial charge on any atom is -0.465 e. The van der Waals surface area contributed by atoms with E-state index >= 15 is 0 Å². The Balaban J connectivity index is 2.60. The predicted molar refractivity (Wildman–Crippen MR) is 95.4 cm³/mol. The molecule has 0 spiro atoms. The number of ketones is 1. The van der Waals surface area contributed by atoms with Crippen molar-refractivity contribution in [3.05, 3.63) is 11.6 Å². The molecule has 0 amide bonds. The summed E-state index contributed by atoms with van der Waals surface area (Å²) in [5.41, 5.74) is -3.19. The van der Waals surface area contributed by atoms with Gasteiger partial charge in [-0.1, -0.05) is 19.4 Å². The zero-order valence-corrected chi connectivity index (χ0v) is 16.6. The number of unbranched alkanes of at least 4 members (excludes halogenated alkanes) is 1. The van der Waals surface area contributed by atoms with Gasteiger partial charge >= 0.3 is 11.9 Å². The first kappa shape index (κ1) is 20.6. The maximum absolute atomic E-state index is 13.1. The third-order valence-electron chi connectivity index (χ3n) is 4.82. The lowest BCUT2D eigenvalue weighted by molar-refractivity contribution is -0.198. The highest BCUT2D eigenvalue weighted by molar-refractivity contribution is 6.13. The third-order valence-corrected chi connectivity index (χ3v) is 4.82. The van der Waals surface area contributed by atoms with Crippen LogP contribution < -0.4 is 0 Å². The van der Waals surface area contributed by atoms with Crippen molar-refractivity contribution < 1.29 is 28.6 Å². The molecular weight excluding hydrogens is 336 g/mol. The standard InChI is InChI=1S/C20H30O6/c1-7-9-10-13-15(16(22)24-8-2)19(6)12-11-14(21)20(13,26-19)17(23)25-18(3,4)5/h10,15H,7-9,11-12H2,1-6H3/b13-10+/t15-,19-,20-/m1/s1. The predicted octanol–water partition coefficient (Wildman–Crippen LogP) is 3.12. The van der Waals surface area contributed by atoms with Gasteiger partial charge < -0.3 is 14.2 Å². The second-order valence-electron chi connectivity index (χ2n) is 8.15. The van der Waals surface area contributed by atoms with E-state index in [-0.39, 0.29) is 18.8 Å². The lowest BCUT2D eigenvalue weighted by atomic mass is 9.80. The number of hydrogen-bond donors (Lipinski definition) is 0. The van der Waals surface area contributed by atoms with Crippen LogP contribution >= 0.6 is 0 Å². The van der Waals surface area contributed by atoms with Crippen molar-refractivity contribution in [2.75, 3.05) is 6.61 Å². The normalized spacial score (nSPS) is 32.6. The molecule has 0 aliphatic carbocycles. The summed E-state index contributed by atoms with van der Waals surface area (Å²) in [5, 5.41) is 0. The lowest BCUT2D eigenvalue weighted by Crippen LogP contribution is -2.54. The largest absolute Gasteiger partial charge is 0.465 e. The Labute approximate surface area is 155 Å². The van der Waals surface area contributed by atoms with Crippen molar-refractivity contribution in [2.45, 2.75) is 84.0 Å². The van der Waals surface area contributed by atoms with Gasteiger partial charge in [0.25, 0.3) is 0 Å². The molecule has 2 fully saturated rings. The number of Topliss-reactive ketones (excluding diaryl/α,β-unsaturated/α-hetero) is 1. The Morgan fingerprint density at radius 1 is 1.31 bits per heavy atom. The summed E-state index contributed by atoms with van der Waals surface area (Å²) in [6, 6.07) is 0. The van der Waals surface area contributed by atoms with Crippen LogP contribution in [0.5, 0.6) is 0 Å². The number of ether oxygens (including phenoxy) is 3. The maximum Gasteiger partial charge on any atom is 0.351 e. The summed E-state index contributed by atoms with van der Waals surface area (Å²) in [4.78, 5) is 38.7. The number of esters is 2. The zero-order chi connectivity index (χ0) is 19.8. The summed E-state index contributed by atoms with van der Waals surface area (Å²) >= 11 is 0. The van der Waals surface area contributed by atoms with E-state index in [0.29, 0.717) is 18.4 Å². The van der Waals surface area contributed by atoms with Gasteiger partial charge in [0.2, 0.25) is 5.60 Å². The second-order valence-corrected chi connectivity index (χ2v) is 8.15. The fourth-order valence-corrected chi connectivity index (χ4v) is 3.74. The molecule has 2 saturated heterocycles. The van der Waals surface area contributed by atoms with Gasteiger partial charge in [0.1, 0.15) is 11.5 Å². The van der Waals surface area contributed by atoms with Crippen LogP contribution in [-0.4, -0.2) is 41.1 Å². The average molecular weight is 366 g/mol. The summed E-state index contributed by atoms with van der Waals surface area (Å²) in [7, 11) is 0. The molecule has 26 heavy (non-hydrogen) atoms. The Hall–Kier alpha value is -1.69. The summed E-state index contributed by atoms with van der Waals surface area (Å²) < 4.78 is 16.9. The molecule has 2 aliphatic rings. The van der Waals surface area contributed by atoms with Gasteiger partial charge in [-0.15, -0.1) is 0 Å². The van der Waals surface area contributed by atoms with Crippen LogP contribution in [-0.2, 0) is 28.6 Å². The first-order chi connectivity index (χ1) is 12.0. The number of fused-ring (bicyclic) bond motifs is 2. The van der Waals surface area contributed by atoms with Crippen molar-refractivity contribution in [3.63, 3.8) is 0 Å². The van der Waals surface area contributed by atoms with Crippen LogP contribution in [0, 0.1) is 5.92 Å². The molecule has 0 aromatic carbocycles. The molecule has 2 rings (SSSR count). The molecule has 0 aromatic rings. The highest BCUT2D eigenvalue weighted by atomic mass is 16.6. The molecule has 2 aliphatic heterocycles. The molecule has 3 atom stereocenters. The van der Waals surface area contributed by atoms with Crippen LogP contribution in [0.15, 0.2) is 11.6 Å². The monoisotopic (exact) mass is 366 g/mol. The van der Waals surface area contributed by atoms with Crippen LogP contribution in [0.25, 0.3) is 0 Å². The summed E-state index contributed by atoms with van der Waals surface area (Å²) in [6.45, 7) is 10.9. The third kappa shape index (κ3) is 3.43. The number of carbonyl (C=O) groups excluding carboxylic acids is 3. The Morgan fingerprint density at radius 3 is 2.50 bits per heavy atom. The van der Waals surface area contributed by atoms with Gasteiger partial charge in [0, 0.05) is 6.42 Å². The van der Waals surface area contributed by atoms with E-state index in [1.807, 2.05) is 6.92 Å². The Morgan fingerprint density at radius 2 is 1.96 bits per heavy atom. The molecule has 6 nitrogen and oxygen atoms in total. The first-order valence-electron chi connectivity index (χ1n) is 9.36. The molecule has 0 radical (unpaired) electrons. The van der Waals surface area contributed by atoms with Crippen molar-refractivity contribution in [3.8, 4) is 0 Å². The molecule has 0 saturated carbocycles. The van der Waals surface area contributed by atoms with E-state index in [2.05, 4.69) is 0 Å². The molecule has 0 aromatic heterocycles. The number of allylic oxidation sites excluding steroid dienone is 1. The quantitative estimate of drug-likeness (QED) is 0.423. The fraction of sp³-hybridized carbons (Fsp3) is 0.750. The Bertz CT molecular complexity index is 629. The van der Waals surface area contributed by atoms with Crippen LogP contribution in [0.3, 0.4) is 0 Å². The van der Waals surface area contributed by atoms with E-state index in [1.165, 1.54) is 0 Å². The van der Waals surface area contributed by atoms with Crippen LogP contribution in [0.4, 0.5) is 0 Å². The van der Waals surface area contributed by atoms with Gasteiger partial charge in [-0.25, -0.2) is 4.79 Å². The topological polar surface area (TPSA) is 78.9 Å². The van der Waals surface area contributed by atoms with Crippen molar-refractivity contribution in [1.82, 2.24) is 0 Å². The van der Waals surface area contributed by atoms with Crippen molar-refractivity contribution in [1.29, 1.82) is 0 Å². The molecule has 0 unspecified atom stereocenters. The van der Waals surface area contributed by atoms with Gasteiger partial charge in [0.05, 0.1) is 12.2 Å². The minimum absolute atomic E-state index is 0.162.